The highest BCUT2D eigenvalue weighted by Gasteiger charge is 2.44. The number of rotatable bonds is 8. The van der Waals surface area contributed by atoms with Gasteiger partial charge in [-0.2, -0.15) is 0 Å². The molecule has 2 aliphatic carbocycles. The maximum Gasteiger partial charge on any atom is 0.108 e. The molecule has 3 heterocycles. The van der Waals surface area contributed by atoms with Crippen molar-refractivity contribution >= 4 is 0 Å². The Bertz CT molecular complexity index is 817. The van der Waals surface area contributed by atoms with E-state index in [1.165, 1.54) is 12.8 Å². The van der Waals surface area contributed by atoms with Gasteiger partial charge in [0.25, 0.3) is 0 Å². The van der Waals surface area contributed by atoms with E-state index in [0.29, 0.717) is 18.4 Å². The Morgan fingerprint density at radius 2 is 1.83 bits per heavy atom. The number of aromatic nitrogens is 6. The summed E-state index contributed by atoms with van der Waals surface area (Å²) in [6.07, 6.45) is 9.08. The van der Waals surface area contributed by atoms with E-state index >= 15 is 0 Å². The van der Waals surface area contributed by atoms with Gasteiger partial charge in [-0.15, -0.1) is 10.2 Å². The minimum atomic E-state index is 0.213. The molecule has 9 heteroatoms. The van der Waals surface area contributed by atoms with Gasteiger partial charge in [0.2, 0.25) is 0 Å². The average Bonchev–Trinajstić information content (AvgIpc) is 3.06. The molecule has 3 fully saturated rings. The average molecular weight is 402 g/mol. The van der Waals surface area contributed by atoms with Crippen LogP contribution in [0.1, 0.15) is 43.1 Å². The van der Waals surface area contributed by atoms with Crippen LogP contribution < -0.4 is 0 Å². The Morgan fingerprint density at radius 3 is 2.55 bits per heavy atom. The lowest BCUT2D eigenvalue weighted by atomic mass is 9.77. The molecule has 29 heavy (non-hydrogen) atoms. The molecule has 0 N–H and O–H groups in total. The Labute approximate surface area is 171 Å². The fourth-order valence-electron chi connectivity index (χ4n) is 5.00. The molecule has 1 aliphatic heterocycles. The van der Waals surface area contributed by atoms with Gasteiger partial charge in [-0.1, -0.05) is 10.4 Å². The van der Waals surface area contributed by atoms with Crippen molar-refractivity contribution in [2.45, 2.75) is 51.0 Å². The van der Waals surface area contributed by atoms with Crippen LogP contribution in [-0.2, 0) is 29.7 Å². The van der Waals surface area contributed by atoms with Crippen molar-refractivity contribution in [2.24, 2.45) is 24.8 Å². The summed E-state index contributed by atoms with van der Waals surface area (Å²) in [5.74, 6) is 2.10. The molecular weight excluding hydrogens is 370 g/mol. The number of aryl methyl sites for hydroxylation is 1. The maximum atomic E-state index is 6.44. The zero-order chi connectivity index (χ0) is 19.8. The normalized spacial score (nSPS) is 30.0. The Kier molecular flexibility index (Phi) is 5.36. The van der Waals surface area contributed by atoms with E-state index < -0.39 is 0 Å². The van der Waals surface area contributed by atoms with Crippen molar-refractivity contribution in [3.05, 3.63) is 23.8 Å². The first-order chi connectivity index (χ1) is 14.2. The topological polar surface area (TPSA) is 83.1 Å². The number of ether oxygens (including phenoxy) is 2. The SMILES string of the molecule is COCc1cn([C@@H]2C[C@@H]3CN(Cc4cn(C)nn4)C[C@@H]3C[C@H]2OCC2CC2)nn1. The van der Waals surface area contributed by atoms with Crippen molar-refractivity contribution in [2.75, 3.05) is 26.8 Å². The van der Waals surface area contributed by atoms with Crippen molar-refractivity contribution in [1.82, 2.24) is 34.9 Å². The maximum absolute atomic E-state index is 6.44. The fourth-order valence-corrected chi connectivity index (χ4v) is 5.00. The third kappa shape index (κ3) is 4.36. The molecule has 158 valence electrons. The van der Waals surface area contributed by atoms with Gasteiger partial charge in [0.15, 0.2) is 0 Å². The van der Waals surface area contributed by atoms with Gasteiger partial charge in [-0.3, -0.25) is 9.58 Å². The van der Waals surface area contributed by atoms with E-state index in [2.05, 4.69) is 25.5 Å². The van der Waals surface area contributed by atoms with E-state index in [4.69, 9.17) is 9.47 Å². The number of nitrogens with zero attached hydrogens (tertiary/aromatic N) is 7. The van der Waals surface area contributed by atoms with Gasteiger partial charge in [0.05, 0.1) is 30.6 Å². The van der Waals surface area contributed by atoms with Crippen LogP contribution >= 0.6 is 0 Å². The molecular formula is C20H31N7O2. The first-order valence-corrected chi connectivity index (χ1v) is 10.8. The van der Waals surface area contributed by atoms with Crippen molar-refractivity contribution in [3.8, 4) is 0 Å². The highest BCUT2D eigenvalue weighted by Crippen LogP contribution is 2.43. The summed E-state index contributed by atoms with van der Waals surface area (Å²) < 4.78 is 15.5. The molecule has 1 saturated heterocycles. The number of hydrogen-bond donors (Lipinski definition) is 0. The van der Waals surface area contributed by atoms with Crippen LogP contribution in [0.15, 0.2) is 12.4 Å². The number of fused-ring (bicyclic) bond motifs is 1. The number of methoxy groups -OCH3 is 1. The summed E-state index contributed by atoms with van der Waals surface area (Å²) in [6, 6.07) is 0.254. The second kappa shape index (κ2) is 8.12. The largest absolute Gasteiger partial charge is 0.378 e. The molecule has 4 atom stereocenters. The third-order valence-electron chi connectivity index (χ3n) is 6.63. The summed E-state index contributed by atoms with van der Waals surface area (Å²) >= 11 is 0. The summed E-state index contributed by atoms with van der Waals surface area (Å²) in [7, 11) is 3.61. The highest BCUT2D eigenvalue weighted by atomic mass is 16.5. The predicted octanol–water partition coefficient (Wildman–Crippen LogP) is 1.43. The third-order valence-corrected chi connectivity index (χ3v) is 6.63. The van der Waals surface area contributed by atoms with Crippen LogP contribution in [-0.4, -0.2) is 67.8 Å². The quantitative estimate of drug-likeness (QED) is 0.662. The molecule has 0 radical (unpaired) electrons. The zero-order valence-corrected chi connectivity index (χ0v) is 17.4. The molecule has 5 rings (SSSR count). The van der Waals surface area contributed by atoms with Crippen LogP contribution in [0.2, 0.25) is 0 Å². The molecule has 0 unspecified atom stereocenters. The van der Waals surface area contributed by atoms with Crippen LogP contribution in [0.25, 0.3) is 0 Å². The van der Waals surface area contributed by atoms with Gasteiger partial charge < -0.3 is 9.47 Å². The molecule has 9 nitrogen and oxygen atoms in total. The van der Waals surface area contributed by atoms with Gasteiger partial charge in [0.1, 0.15) is 5.69 Å². The second-order valence-corrected chi connectivity index (χ2v) is 9.07. The minimum Gasteiger partial charge on any atom is -0.378 e. The first-order valence-electron chi connectivity index (χ1n) is 10.8. The standard InChI is InChI=1S/C20H31N7O2/c1-25-9-17(21-23-25)10-26-7-15-5-19(27-11-18(13-28-2)22-24-27)20(6-16(15)8-26)29-12-14-3-4-14/h9,11,14-16,19-20H,3-8,10,12-13H2,1-2H3/t15-,16+,19-,20-/m1/s1. The molecule has 2 saturated carbocycles. The van der Waals surface area contributed by atoms with E-state index in [9.17, 15) is 0 Å². The zero-order valence-electron chi connectivity index (χ0n) is 17.4. The van der Waals surface area contributed by atoms with Crippen LogP contribution in [0, 0.1) is 17.8 Å². The van der Waals surface area contributed by atoms with Gasteiger partial charge in [-0.05, 0) is 43.4 Å². The smallest absolute Gasteiger partial charge is 0.108 e. The summed E-state index contributed by atoms with van der Waals surface area (Å²) in [4.78, 5) is 2.53. The molecule has 0 bridgehead atoms. The predicted molar refractivity (Wildman–Crippen MR) is 105 cm³/mol. The van der Waals surface area contributed by atoms with E-state index in [1.807, 2.05) is 24.1 Å². The number of likely N-dealkylation sites (tertiary alicyclic amines) is 1. The lowest BCUT2D eigenvalue weighted by Gasteiger charge is -2.37. The summed E-state index contributed by atoms with van der Waals surface area (Å²) in [5.41, 5.74) is 1.93. The molecule has 3 aliphatic rings. The molecule has 2 aromatic rings. The lowest BCUT2D eigenvalue weighted by molar-refractivity contribution is -0.0376. The molecule has 0 aromatic carbocycles. The Balaban J connectivity index is 1.28. The van der Waals surface area contributed by atoms with E-state index in [1.54, 1.807) is 11.8 Å². The van der Waals surface area contributed by atoms with Crippen molar-refractivity contribution in [1.29, 1.82) is 0 Å². The van der Waals surface area contributed by atoms with Crippen LogP contribution in [0.4, 0.5) is 0 Å². The fraction of sp³-hybridized carbons (Fsp3) is 0.800. The van der Waals surface area contributed by atoms with Crippen molar-refractivity contribution < 1.29 is 9.47 Å². The molecule has 0 spiro atoms. The number of hydrogen-bond acceptors (Lipinski definition) is 7. The highest BCUT2D eigenvalue weighted by molar-refractivity contribution is 5.00. The van der Waals surface area contributed by atoms with E-state index in [0.717, 1.165) is 56.4 Å². The Hall–Kier alpha value is -1.84. The van der Waals surface area contributed by atoms with Crippen molar-refractivity contribution in [3.63, 3.8) is 0 Å². The molecule has 2 aromatic heterocycles. The van der Waals surface area contributed by atoms with Crippen LogP contribution in [0.5, 0.6) is 0 Å². The van der Waals surface area contributed by atoms with E-state index in [-0.39, 0.29) is 12.1 Å². The monoisotopic (exact) mass is 401 g/mol. The van der Waals surface area contributed by atoms with Crippen LogP contribution in [0.3, 0.4) is 0 Å². The lowest BCUT2D eigenvalue weighted by Crippen LogP contribution is -2.38. The first kappa shape index (κ1) is 19.1. The van der Waals surface area contributed by atoms with Gasteiger partial charge in [0, 0.05) is 46.6 Å². The molecule has 0 amide bonds. The minimum absolute atomic E-state index is 0.213. The summed E-state index contributed by atoms with van der Waals surface area (Å²) in [6.45, 7) is 4.48. The van der Waals surface area contributed by atoms with Gasteiger partial charge in [-0.25, -0.2) is 4.68 Å². The Morgan fingerprint density at radius 1 is 1.03 bits per heavy atom. The van der Waals surface area contributed by atoms with Gasteiger partial charge >= 0.3 is 0 Å². The second-order valence-electron chi connectivity index (χ2n) is 9.07. The summed E-state index contributed by atoms with van der Waals surface area (Å²) in [5, 5.41) is 17.0.